The van der Waals surface area contributed by atoms with Gasteiger partial charge in [-0.05, 0) is 24.1 Å². The lowest BCUT2D eigenvalue weighted by Gasteiger charge is -2.09. The molecular weight excluding hydrogens is 234 g/mol. The molecule has 1 atom stereocenters. The van der Waals surface area contributed by atoms with Gasteiger partial charge in [-0.15, -0.1) is 0 Å². The molecule has 1 amide bonds. The summed E-state index contributed by atoms with van der Waals surface area (Å²) in [5, 5.41) is 20.2. The Balaban J connectivity index is 2.33. The van der Waals surface area contributed by atoms with Crippen molar-refractivity contribution in [3.05, 3.63) is 29.8 Å². The number of amides is 1. The molecule has 1 aromatic rings. The van der Waals surface area contributed by atoms with Crippen LogP contribution < -0.4 is 10.1 Å². The molecule has 1 aromatic carbocycles. The van der Waals surface area contributed by atoms with E-state index in [0.29, 0.717) is 12.8 Å². The maximum Gasteiger partial charge on any atom is 0.220 e. The van der Waals surface area contributed by atoms with Crippen molar-refractivity contribution in [1.82, 2.24) is 5.32 Å². The van der Waals surface area contributed by atoms with Gasteiger partial charge in [-0.25, -0.2) is 0 Å². The van der Waals surface area contributed by atoms with E-state index in [0.717, 1.165) is 11.3 Å². The highest BCUT2D eigenvalue weighted by atomic mass is 16.5. The number of ether oxygens (including phenoxy) is 1. The molecule has 3 N–H and O–H groups in total. The number of rotatable bonds is 7. The van der Waals surface area contributed by atoms with Crippen molar-refractivity contribution in [3.63, 3.8) is 0 Å². The highest BCUT2D eigenvalue weighted by Crippen LogP contribution is 2.13. The maximum absolute atomic E-state index is 11.5. The Kier molecular flexibility index (Phi) is 6.18. The molecule has 1 rings (SSSR count). The Bertz CT molecular complexity index is 381. The lowest BCUT2D eigenvalue weighted by Crippen LogP contribution is -2.33. The van der Waals surface area contributed by atoms with Crippen LogP contribution in [0, 0.1) is 0 Å². The van der Waals surface area contributed by atoms with Gasteiger partial charge in [-0.2, -0.15) is 0 Å². The fraction of sp³-hybridized carbons (Fsp3) is 0.462. The van der Waals surface area contributed by atoms with Crippen molar-refractivity contribution in [3.8, 4) is 5.75 Å². The van der Waals surface area contributed by atoms with Gasteiger partial charge >= 0.3 is 0 Å². The molecule has 0 aromatic heterocycles. The van der Waals surface area contributed by atoms with Crippen LogP contribution in [0.1, 0.15) is 12.0 Å². The van der Waals surface area contributed by atoms with Gasteiger partial charge in [-0.1, -0.05) is 12.1 Å². The van der Waals surface area contributed by atoms with Crippen molar-refractivity contribution in [2.75, 3.05) is 20.3 Å². The lowest BCUT2D eigenvalue weighted by atomic mass is 10.1. The zero-order valence-electron chi connectivity index (χ0n) is 10.4. The van der Waals surface area contributed by atoms with E-state index in [2.05, 4.69) is 5.32 Å². The number of aliphatic hydroxyl groups excluding tert-OH is 2. The molecule has 5 heteroatoms. The zero-order valence-corrected chi connectivity index (χ0v) is 10.4. The van der Waals surface area contributed by atoms with Crippen LogP contribution in [0.15, 0.2) is 24.3 Å². The third-order valence-electron chi connectivity index (χ3n) is 2.52. The number of hydrogen-bond acceptors (Lipinski definition) is 4. The zero-order chi connectivity index (χ0) is 13.4. The average Bonchev–Trinajstić information content (AvgIpc) is 2.42. The molecule has 100 valence electrons. The predicted molar refractivity (Wildman–Crippen MR) is 67.4 cm³/mol. The van der Waals surface area contributed by atoms with E-state index < -0.39 is 6.10 Å². The van der Waals surface area contributed by atoms with Crippen LogP contribution in [0.4, 0.5) is 0 Å². The van der Waals surface area contributed by atoms with E-state index in [4.69, 9.17) is 14.9 Å². The van der Waals surface area contributed by atoms with Crippen LogP contribution in [0.25, 0.3) is 0 Å². The summed E-state index contributed by atoms with van der Waals surface area (Å²) in [6.45, 7) is -0.274. The molecule has 0 saturated heterocycles. The second-order valence-electron chi connectivity index (χ2n) is 3.99. The van der Waals surface area contributed by atoms with Crippen LogP contribution in [-0.2, 0) is 11.2 Å². The van der Waals surface area contributed by atoms with Crippen LogP contribution in [-0.4, -0.2) is 42.5 Å². The SMILES string of the molecule is COc1cccc(CCC(=O)NCC(O)CO)c1. The van der Waals surface area contributed by atoms with Crippen LogP contribution in [0.2, 0.25) is 0 Å². The number of hydrogen-bond donors (Lipinski definition) is 3. The number of benzene rings is 1. The molecule has 0 aliphatic carbocycles. The highest BCUT2D eigenvalue weighted by molar-refractivity contribution is 5.76. The van der Waals surface area contributed by atoms with E-state index >= 15 is 0 Å². The highest BCUT2D eigenvalue weighted by Gasteiger charge is 2.06. The first-order chi connectivity index (χ1) is 8.65. The Morgan fingerprint density at radius 3 is 2.94 bits per heavy atom. The third kappa shape index (κ3) is 5.16. The fourth-order valence-electron chi connectivity index (χ4n) is 1.47. The van der Waals surface area contributed by atoms with Crippen LogP contribution in [0.5, 0.6) is 5.75 Å². The molecule has 0 fully saturated rings. The minimum atomic E-state index is -0.897. The quantitative estimate of drug-likeness (QED) is 0.644. The summed E-state index contributed by atoms with van der Waals surface area (Å²) in [6.07, 6.45) is 0.0506. The van der Waals surface area contributed by atoms with Crippen LogP contribution in [0.3, 0.4) is 0 Å². The predicted octanol–water partition coefficient (Wildman–Crippen LogP) is 0.0972. The summed E-state index contributed by atoms with van der Waals surface area (Å²) in [5.74, 6) is 0.619. The number of carbonyl (C=O) groups excluding carboxylic acids is 1. The molecule has 0 bridgehead atoms. The van der Waals surface area contributed by atoms with E-state index in [1.807, 2.05) is 24.3 Å². The largest absolute Gasteiger partial charge is 0.497 e. The summed E-state index contributed by atoms with van der Waals surface area (Å²) >= 11 is 0. The molecule has 18 heavy (non-hydrogen) atoms. The van der Waals surface area contributed by atoms with Gasteiger partial charge in [0.05, 0.1) is 19.8 Å². The second-order valence-corrected chi connectivity index (χ2v) is 3.99. The van der Waals surface area contributed by atoms with Gasteiger partial charge in [0.2, 0.25) is 5.91 Å². The number of methoxy groups -OCH3 is 1. The van der Waals surface area contributed by atoms with Crippen molar-refractivity contribution < 1.29 is 19.7 Å². The molecule has 0 spiro atoms. The van der Waals surface area contributed by atoms with Gasteiger partial charge < -0.3 is 20.3 Å². The molecule has 0 radical (unpaired) electrons. The molecule has 0 aliphatic heterocycles. The number of carbonyl (C=O) groups is 1. The molecular formula is C13H19NO4. The molecule has 0 saturated carbocycles. The van der Waals surface area contributed by atoms with Crippen molar-refractivity contribution in [2.24, 2.45) is 0 Å². The van der Waals surface area contributed by atoms with Gasteiger partial charge in [0.15, 0.2) is 0 Å². The molecule has 0 aliphatic rings. The second kappa shape index (κ2) is 7.68. The standard InChI is InChI=1S/C13H19NO4/c1-18-12-4-2-3-10(7-12)5-6-13(17)14-8-11(16)9-15/h2-4,7,11,15-16H,5-6,8-9H2,1H3,(H,14,17). The van der Waals surface area contributed by atoms with Crippen molar-refractivity contribution >= 4 is 5.91 Å². The summed E-state index contributed by atoms with van der Waals surface area (Å²) in [5.41, 5.74) is 1.02. The monoisotopic (exact) mass is 253 g/mol. The van der Waals surface area contributed by atoms with Gasteiger partial charge in [-0.3, -0.25) is 4.79 Å². The Hall–Kier alpha value is -1.59. The van der Waals surface area contributed by atoms with E-state index in [-0.39, 0.29) is 19.1 Å². The van der Waals surface area contributed by atoms with E-state index in [9.17, 15) is 4.79 Å². The van der Waals surface area contributed by atoms with Gasteiger partial charge in [0, 0.05) is 13.0 Å². The lowest BCUT2D eigenvalue weighted by molar-refractivity contribution is -0.121. The van der Waals surface area contributed by atoms with Gasteiger partial charge in [0.25, 0.3) is 0 Å². The summed E-state index contributed by atoms with van der Waals surface area (Å²) in [6, 6.07) is 7.54. The normalized spacial score (nSPS) is 11.9. The summed E-state index contributed by atoms with van der Waals surface area (Å²) in [7, 11) is 1.60. The Morgan fingerprint density at radius 2 is 2.28 bits per heavy atom. The Labute approximate surface area is 106 Å². The number of nitrogens with one attached hydrogen (secondary N) is 1. The minimum Gasteiger partial charge on any atom is -0.497 e. The molecule has 5 nitrogen and oxygen atoms in total. The minimum absolute atomic E-state index is 0.0768. The number of aryl methyl sites for hydroxylation is 1. The van der Waals surface area contributed by atoms with E-state index in [1.165, 1.54) is 0 Å². The molecule has 1 unspecified atom stereocenters. The van der Waals surface area contributed by atoms with Crippen molar-refractivity contribution in [2.45, 2.75) is 18.9 Å². The first kappa shape index (κ1) is 14.5. The average molecular weight is 253 g/mol. The van der Waals surface area contributed by atoms with Crippen molar-refractivity contribution in [1.29, 1.82) is 0 Å². The Morgan fingerprint density at radius 1 is 1.50 bits per heavy atom. The maximum atomic E-state index is 11.5. The fourth-order valence-corrected chi connectivity index (χ4v) is 1.47. The third-order valence-corrected chi connectivity index (χ3v) is 2.52. The van der Waals surface area contributed by atoms with Gasteiger partial charge in [0.1, 0.15) is 5.75 Å². The van der Waals surface area contributed by atoms with E-state index in [1.54, 1.807) is 7.11 Å². The smallest absolute Gasteiger partial charge is 0.220 e. The summed E-state index contributed by atoms with van der Waals surface area (Å²) in [4.78, 5) is 11.5. The first-order valence-corrected chi connectivity index (χ1v) is 5.84. The first-order valence-electron chi connectivity index (χ1n) is 5.84. The summed E-state index contributed by atoms with van der Waals surface area (Å²) < 4.78 is 5.09. The van der Waals surface area contributed by atoms with Crippen LogP contribution >= 0.6 is 0 Å². The topological polar surface area (TPSA) is 78.8 Å². The molecule has 0 heterocycles. The number of aliphatic hydroxyl groups is 2.